The molecule has 0 aliphatic rings. The van der Waals surface area contributed by atoms with Crippen molar-refractivity contribution in [1.82, 2.24) is 15.0 Å². The Morgan fingerprint density at radius 1 is 0.958 bits per heavy atom. The van der Waals surface area contributed by atoms with Gasteiger partial charge < -0.3 is 15.1 Å². The van der Waals surface area contributed by atoms with Crippen LogP contribution in [0, 0.1) is 9.54 Å². The van der Waals surface area contributed by atoms with Crippen LogP contribution in [-0.4, -0.2) is 20.1 Å². The van der Waals surface area contributed by atoms with E-state index in [1.165, 1.54) is 11.8 Å². The maximum atomic E-state index is 10.8. The molecule has 2 aromatic rings. The molecular formula is C17H23N3OS3. The molecule has 0 atom stereocenters. The lowest BCUT2D eigenvalue weighted by atomic mass is 9.79. The third-order valence-electron chi connectivity index (χ3n) is 3.56. The van der Waals surface area contributed by atoms with Crippen LogP contribution in [0.5, 0.6) is 5.75 Å². The predicted molar refractivity (Wildman–Crippen MR) is 104 cm³/mol. The van der Waals surface area contributed by atoms with Crippen molar-refractivity contribution in [3.8, 4) is 5.75 Å². The Kier molecular flexibility index (Phi) is 5.28. The fourth-order valence-corrected chi connectivity index (χ4v) is 3.78. The molecule has 0 unspecified atom stereocenters. The number of aromatic hydroxyl groups is 1. The third kappa shape index (κ3) is 4.46. The van der Waals surface area contributed by atoms with Gasteiger partial charge in [-0.2, -0.15) is 4.98 Å². The fraction of sp³-hybridized carbons (Fsp3) is 0.471. The minimum atomic E-state index is -0.172. The summed E-state index contributed by atoms with van der Waals surface area (Å²) in [6.45, 7) is 12.5. The van der Waals surface area contributed by atoms with Gasteiger partial charge in [0.05, 0.1) is 0 Å². The number of hydrogen-bond acceptors (Lipinski definition) is 5. The van der Waals surface area contributed by atoms with E-state index in [1.807, 2.05) is 12.1 Å². The average Bonchev–Trinajstić information content (AvgIpc) is 2.36. The second-order valence-corrected chi connectivity index (χ2v) is 9.63. The number of phenolic OH excluding ortho intramolecular Hbond substituents is 1. The first-order chi connectivity index (χ1) is 10.9. The van der Waals surface area contributed by atoms with Gasteiger partial charge in [0.2, 0.25) is 4.77 Å². The summed E-state index contributed by atoms with van der Waals surface area (Å²) < 4.78 is 0.801. The van der Waals surface area contributed by atoms with Crippen molar-refractivity contribution in [1.29, 1.82) is 0 Å². The van der Waals surface area contributed by atoms with E-state index < -0.39 is 0 Å². The number of benzene rings is 1. The maximum Gasteiger partial charge on any atom is 0.201 e. The number of H-pyrrole nitrogens is 2. The van der Waals surface area contributed by atoms with Crippen molar-refractivity contribution in [2.75, 3.05) is 0 Å². The van der Waals surface area contributed by atoms with E-state index in [0.29, 0.717) is 20.4 Å². The normalized spacial score (nSPS) is 12.4. The van der Waals surface area contributed by atoms with E-state index in [9.17, 15) is 5.11 Å². The van der Waals surface area contributed by atoms with Gasteiger partial charge >= 0.3 is 0 Å². The number of phenols is 1. The lowest BCUT2D eigenvalue weighted by molar-refractivity contribution is 0.422. The zero-order valence-electron chi connectivity index (χ0n) is 14.8. The predicted octanol–water partition coefficient (Wildman–Crippen LogP) is 5.65. The summed E-state index contributed by atoms with van der Waals surface area (Å²) >= 11 is 11.7. The summed E-state index contributed by atoms with van der Waals surface area (Å²) in [5, 5.41) is 11.4. The molecule has 24 heavy (non-hydrogen) atoms. The van der Waals surface area contributed by atoms with E-state index >= 15 is 0 Å². The van der Waals surface area contributed by atoms with Gasteiger partial charge in [-0.05, 0) is 47.4 Å². The molecule has 0 saturated heterocycles. The second-order valence-electron chi connectivity index (χ2n) is 7.77. The number of nitrogens with zero attached hydrogens (tertiary/aromatic N) is 1. The Hall–Kier alpha value is -1.18. The number of aromatic amines is 2. The first-order valence-electron chi connectivity index (χ1n) is 7.64. The number of hydrogen-bond donors (Lipinski definition) is 3. The SMILES string of the molecule is CC(C)(C)c1cc(Sc2nc(=S)[nH]c(=S)[nH]2)cc(C(C)(C)C)c1O. The average molecular weight is 382 g/mol. The molecule has 0 aliphatic heterocycles. The summed E-state index contributed by atoms with van der Waals surface area (Å²) in [6.07, 6.45) is 0. The first-order valence-corrected chi connectivity index (χ1v) is 9.28. The van der Waals surface area contributed by atoms with Crippen molar-refractivity contribution >= 4 is 36.2 Å². The van der Waals surface area contributed by atoms with Crippen molar-refractivity contribution in [2.45, 2.75) is 62.4 Å². The monoisotopic (exact) mass is 381 g/mol. The fourth-order valence-electron chi connectivity index (χ4n) is 2.34. The number of rotatable bonds is 2. The van der Waals surface area contributed by atoms with Crippen LogP contribution in [0.1, 0.15) is 52.7 Å². The summed E-state index contributed by atoms with van der Waals surface area (Å²) in [6, 6.07) is 4.02. The third-order valence-corrected chi connectivity index (χ3v) is 4.81. The minimum Gasteiger partial charge on any atom is -0.507 e. The molecule has 7 heteroatoms. The van der Waals surface area contributed by atoms with Crippen LogP contribution in [0.4, 0.5) is 0 Å². The van der Waals surface area contributed by atoms with Crippen molar-refractivity contribution in [2.24, 2.45) is 0 Å². The minimum absolute atomic E-state index is 0.172. The Labute approximate surface area is 157 Å². The van der Waals surface area contributed by atoms with Crippen LogP contribution in [-0.2, 0) is 10.8 Å². The van der Waals surface area contributed by atoms with E-state index in [1.54, 1.807) is 0 Å². The van der Waals surface area contributed by atoms with Crippen molar-refractivity contribution in [3.63, 3.8) is 0 Å². The molecule has 2 rings (SSSR count). The van der Waals surface area contributed by atoms with E-state index in [-0.39, 0.29) is 10.8 Å². The molecule has 0 amide bonds. The standard InChI is InChI=1S/C17H23N3OS3/c1-16(2,3)10-7-9(8-11(12(10)21)17(4,5)6)24-15-19-13(22)18-14(23)20-15/h7-8,21H,1-6H3,(H2,18,19,20,22,23). The van der Waals surface area contributed by atoms with Gasteiger partial charge in [-0.15, -0.1) is 0 Å². The highest BCUT2D eigenvalue weighted by atomic mass is 32.2. The molecule has 0 radical (unpaired) electrons. The van der Waals surface area contributed by atoms with Gasteiger partial charge in [0.15, 0.2) is 9.93 Å². The molecule has 0 bridgehead atoms. The van der Waals surface area contributed by atoms with Crippen molar-refractivity contribution in [3.05, 3.63) is 32.8 Å². The molecule has 0 spiro atoms. The largest absolute Gasteiger partial charge is 0.507 e. The van der Waals surface area contributed by atoms with Gasteiger partial charge in [-0.1, -0.05) is 53.3 Å². The Balaban J connectivity index is 2.62. The van der Waals surface area contributed by atoms with E-state index in [0.717, 1.165) is 16.0 Å². The Morgan fingerprint density at radius 3 is 1.88 bits per heavy atom. The maximum absolute atomic E-state index is 10.8. The molecule has 1 heterocycles. The van der Waals surface area contributed by atoms with Crippen LogP contribution >= 0.6 is 36.2 Å². The zero-order valence-corrected chi connectivity index (χ0v) is 17.2. The Bertz CT molecular complexity index is 807. The highest BCUT2D eigenvalue weighted by Gasteiger charge is 2.26. The van der Waals surface area contributed by atoms with Gasteiger partial charge in [0.1, 0.15) is 5.75 Å². The second kappa shape index (κ2) is 6.61. The molecule has 130 valence electrons. The van der Waals surface area contributed by atoms with E-state index in [4.69, 9.17) is 24.4 Å². The van der Waals surface area contributed by atoms with Gasteiger partial charge in [-0.25, -0.2) is 0 Å². The van der Waals surface area contributed by atoms with Crippen LogP contribution in [0.25, 0.3) is 0 Å². The van der Waals surface area contributed by atoms with Crippen LogP contribution < -0.4 is 0 Å². The number of nitrogens with one attached hydrogen (secondary N) is 2. The smallest absolute Gasteiger partial charge is 0.201 e. The molecular weight excluding hydrogens is 358 g/mol. The quantitative estimate of drug-likeness (QED) is 0.587. The van der Waals surface area contributed by atoms with Gasteiger partial charge in [-0.3, -0.25) is 0 Å². The molecule has 0 aliphatic carbocycles. The highest BCUT2D eigenvalue weighted by Crippen LogP contribution is 2.42. The Morgan fingerprint density at radius 2 is 1.46 bits per heavy atom. The molecule has 0 fully saturated rings. The lowest BCUT2D eigenvalue weighted by Gasteiger charge is -2.28. The zero-order chi connectivity index (χ0) is 18.3. The molecule has 0 saturated carbocycles. The summed E-state index contributed by atoms with van der Waals surface area (Å²) in [5.74, 6) is 0.366. The highest BCUT2D eigenvalue weighted by molar-refractivity contribution is 7.99. The van der Waals surface area contributed by atoms with E-state index in [2.05, 4.69) is 56.5 Å². The topological polar surface area (TPSA) is 64.7 Å². The van der Waals surface area contributed by atoms with Gasteiger partial charge in [0, 0.05) is 16.0 Å². The molecule has 1 aromatic carbocycles. The first kappa shape index (κ1) is 19.1. The lowest BCUT2D eigenvalue weighted by Crippen LogP contribution is -2.17. The molecule has 4 nitrogen and oxygen atoms in total. The number of aromatic nitrogens is 3. The van der Waals surface area contributed by atoms with Gasteiger partial charge in [0.25, 0.3) is 0 Å². The van der Waals surface area contributed by atoms with Crippen LogP contribution in [0.3, 0.4) is 0 Å². The van der Waals surface area contributed by atoms with Crippen LogP contribution in [0.15, 0.2) is 22.2 Å². The van der Waals surface area contributed by atoms with Crippen molar-refractivity contribution < 1.29 is 5.11 Å². The molecule has 1 aromatic heterocycles. The molecule has 3 N–H and O–H groups in total. The van der Waals surface area contributed by atoms with Crippen LogP contribution in [0.2, 0.25) is 0 Å². The summed E-state index contributed by atoms with van der Waals surface area (Å²) in [7, 11) is 0. The summed E-state index contributed by atoms with van der Waals surface area (Å²) in [5.41, 5.74) is 1.48. The summed E-state index contributed by atoms with van der Waals surface area (Å²) in [4.78, 5) is 11.1.